The molecule has 5 heteroatoms. The fourth-order valence-electron chi connectivity index (χ4n) is 1.41. The van der Waals surface area contributed by atoms with Crippen LogP contribution in [0.4, 0.5) is 0 Å². The van der Waals surface area contributed by atoms with Gasteiger partial charge in [-0.05, 0) is 25.7 Å². The van der Waals surface area contributed by atoms with Crippen LogP contribution in [0.25, 0.3) is 0 Å². The number of hydrogen-bond donors (Lipinski definition) is 1. The van der Waals surface area contributed by atoms with Gasteiger partial charge in [0.1, 0.15) is 0 Å². The van der Waals surface area contributed by atoms with Crippen molar-refractivity contribution in [3.05, 3.63) is 0 Å². The van der Waals surface area contributed by atoms with E-state index in [4.69, 9.17) is 5.11 Å². The lowest BCUT2D eigenvalue weighted by molar-refractivity contribution is 0.286. The first kappa shape index (κ1) is 14.9. The zero-order chi connectivity index (χ0) is 11.7. The van der Waals surface area contributed by atoms with Gasteiger partial charge in [0.2, 0.25) is 10.0 Å². The number of hydrogen-bond acceptors (Lipinski definition) is 3. The molecule has 0 atom stereocenters. The third-order valence-corrected chi connectivity index (χ3v) is 4.11. The summed E-state index contributed by atoms with van der Waals surface area (Å²) >= 11 is 0. The van der Waals surface area contributed by atoms with E-state index in [-0.39, 0.29) is 12.4 Å². The molecule has 0 saturated carbocycles. The van der Waals surface area contributed by atoms with Gasteiger partial charge in [-0.25, -0.2) is 12.7 Å². The maximum absolute atomic E-state index is 11.8. The van der Waals surface area contributed by atoms with Gasteiger partial charge in [-0.3, -0.25) is 0 Å². The van der Waals surface area contributed by atoms with E-state index < -0.39 is 10.0 Å². The largest absolute Gasteiger partial charge is 0.396 e. The molecule has 0 spiro atoms. The first-order valence-corrected chi connectivity index (χ1v) is 7.28. The summed E-state index contributed by atoms with van der Waals surface area (Å²) in [7, 11) is -3.10. The van der Waals surface area contributed by atoms with Gasteiger partial charge in [0.05, 0.1) is 5.75 Å². The summed E-state index contributed by atoms with van der Waals surface area (Å²) in [5.74, 6) is 0.160. The lowest BCUT2D eigenvalue weighted by atomic mass is 10.4. The number of rotatable bonds is 9. The minimum atomic E-state index is -3.10. The molecule has 0 aliphatic rings. The SMILES string of the molecule is CCCN(CCC)S(=O)(=O)CCCCO. The molecule has 0 saturated heterocycles. The molecule has 4 nitrogen and oxygen atoms in total. The lowest BCUT2D eigenvalue weighted by Crippen LogP contribution is -2.34. The highest BCUT2D eigenvalue weighted by molar-refractivity contribution is 7.89. The molecule has 0 aromatic carbocycles. The van der Waals surface area contributed by atoms with Crippen molar-refractivity contribution in [1.29, 1.82) is 0 Å². The standard InChI is InChI=1S/C10H23NO3S/c1-3-7-11(8-4-2)15(13,14)10-6-5-9-12/h12H,3-10H2,1-2H3. The maximum atomic E-state index is 11.8. The van der Waals surface area contributed by atoms with Crippen molar-refractivity contribution in [3.63, 3.8) is 0 Å². The smallest absolute Gasteiger partial charge is 0.214 e. The molecule has 0 unspecified atom stereocenters. The summed E-state index contributed by atoms with van der Waals surface area (Å²) in [6.07, 6.45) is 2.80. The van der Waals surface area contributed by atoms with Crippen molar-refractivity contribution in [2.45, 2.75) is 39.5 Å². The van der Waals surface area contributed by atoms with Crippen molar-refractivity contribution >= 4 is 10.0 Å². The van der Waals surface area contributed by atoms with Gasteiger partial charge in [0.25, 0.3) is 0 Å². The molecule has 0 heterocycles. The summed E-state index contributed by atoms with van der Waals surface area (Å²) in [6, 6.07) is 0. The molecule has 0 rings (SSSR count). The van der Waals surface area contributed by atoms with Crippen molar-refractivity contribution in [1.82, 2.24) is 4.31 Å². The summed E-state index contributed by atoms with van der Waals surface area (Å²) in [6.45, 7) is 5.24. The average Bonchev–Trinajstić information content (AvgIpc) is 2.18. The number of unbranched alkanes of at least 4 members (excludes halogenated alkanes) is 1. The molecule has 92 valence electrons. The number of sulfonamides is 1. The van der Waals surface area contributed by atoms with E-state index in [0.29, 0.717) is 25.9 Å². The molecule has 0 radical (unpaired) electrons. The van der Waals surface area contributed by atoms with Gasteiger partial charge in [-0.15, -0.1) is 0 Å². The van der Waals surface area contributed by atoms with Gasteiger partial charge in [0.15, 0.2) is 0 Å². The Morgan fingerprint density at radius 3 is 2.00 bits per heavy atom. The van der Waals surface area contributed by atoms with Crippen LogP contribution in [-0.4, -0.2) is 43.3 Å². The Kier molecular flexibility index (Phi) is 8.00. The Morgan fingerprint density at radius 2 is 1.60 bits per heavy atom. The lowest BCUT2D eigenvalue weighted by Gasteiger charge is -2.20. The first-order chi connectivity index (χ1) is 7.08. The Hall–Kier alpha value is -0.130. The Bertz CT molecular complexity index is 233. The van der Waals surface area contributed by atoms with Crippen molar-refractivity contribution in [3.8, 4) is 0 Å². The predicted molar refractivity (Wildman–Crippen MR) is 62.3 cm³/mol. The summed E-state index contributed by atoms with van der Waals surface area (Å²) in [5, 5.41) is 8.60. The van der Waals surface area contributed by atoms with Gasteiger partial charge >= 0.3 is 0 Å². The van der Waals surface area contributed by atoms with E-state index in [0.717, 1.165) is 12.8 Å². The van der Waals surface area contributed by atoms with Crippen molar-refractivity contribution < 1.29 is 13.5 Å². The number of nitrogens with zero attached hydrogens (tertiary/aromatic N) is 1. The highest BCUT2D eigenvalue weighted by Gasteiger charge is 2.19. The van der Waals surface area contributed by atoms with Crippen LogP contribution in [0.2, 0.25) is 0 Å². The maximum Gasteiger partial charge on any atom is 0.214 e. The van der Waals surface area contributed by atoms with Crippen LogP contribution in [0.5, 0.6) is 0 Å². The molecule has 0 aromatic heterocycles. The Labute approximate surface area is 93.3 Å². The molecule has 0 aliphatic carbocycles. The summed E-state index contributed by atoms with van der Waals surface area (Å²) in [5.41, 5.74) is 0. The van der Waals surface area contributed by atoms with E-state index in [1.165, 1.54) is 0 Å². The fraction of sp³-hybridized carbons (Fsp3) is 1.00. The molecule has 0 aliphatic heterocycles. The first-order valence-electron chi connectivity index (χ1n) is 5.67. The topological polar surface area (TPSA) is 57.6 Å². The highest BCUT2D eigenvalue weighted by Crippen LogP contribution is 2.06. The van der Waals surface area contributed by atoms with E-state index in [9.17, 15) is 8.42 Å². The van der Waals surface area contributed by atoms with Gasteiger partial charge < -0.3 is 5.11 Å². The number of aliphatic hydroxyl groups is 1. The molecular formula is C10H23NO3S. The normalized spacial score (nSPS) is 12.3. The van der Waals surface area contributed by atoms with Crippen LogP contribution in [-0.2, 0) is 10.0 Å². The Morgan fingerprint density at radius 1 is 1.07 bits per heavy atom. The predicted octanol–water partition coefficient (Wildman–Crippen LogP) is 1.21. The molecule has 15 heavy (non-hydrogen) atoms. The summed E-state index contributed by atoms with van der Waals surface area (Å²) in [4.78, 5) is 0. The van der Waals surface area contributed by atoms with E-state index in [2.05, 4.69) is 0 Å². The third kappa shape index (κ3) is 6.12. The van der Waals surface area contributed by atoms with Gasteiger partial charge in [-0.2, -0.15) is 0 Å². The second kappa shape index (κ2) is 8.07. The highest BCUT2D eigenvalue weighted by atomic mass is 32.2. The van der Waals surface area contributed by atoms with Crippen LogP contribution < -0.4 is 0 Å². The van der Waals surface area contributed by atoms with Crippen LogP contribution >= 0.6 is 0 Å². The molecule has 0 fully saturated rings. The third-order valence-electron chi connectivity index (χ3n) is 2.15. The van der Waals surface area contributed by atoms with Crippen LogP contribution in [0, 0.1) is 0 Å². The molecule has 0 amide bonds. The molecule has 0 bridgehead atoms. The number of aliphatic hydroxyl groups excluding tert-OH is 1. The monoisotopic (exact) mass is 237 g/mol. The van der Waals surface area contributed by atoms with Gasteiger partial charge in [0, 0.05) is 19.7 Å². The second-order valence-corrected chi connectivity index (χ2v) is 5.73. The van der Waals surface area contributed by atoms with Crippen molar-refractivity contribution in [2.75, 3.05) is 25.4 Å². The van der Waals surface area contributed by atoms with E-state index in [1.54, 1.807) is 4.31 Å². The molecule has 0 aromatic rings. The molecule has 1 N–H and O–H groups in total. The van der Waals surface area contributed by atoms with Crippen LogP contribution in [0.3, 0.4) is 0 Å². The molecular weight excluding hydrogens is 214 g/mol. The van der Waals surface area contributed by atoms with Crippen molar-refractivity contribution in [2.24, 2.45) is 0 Å². The zero-order valence-electron chi connectivity index (χ0n) is 9.78. The zero-order valence-corrected chi connectivity index (χ0v) is 10.6. The Balaban J connectivity index is 4.22. The second-order valence-electron chi connectivity index (χ2n) is 3.65. The fourth-order valence-corrected chi connectivity index (χ4v) is 3.16. The van der Waals surface area contributed by atoms with E-state index >= 15 is 0 Å². The average molecular weight is 237 g/mol. The van der Waals surface area contributed by atoms with Crippen LogP contribution in [0.1, 0.15) is 39.5 Å². The minimum absolute atomic E-state index is 0.0665. The van der Waals surface area contributed by atoms with Gasteiger partial charge in [-0.1, -0.05) is 13.8 Å². The summed E-state index contributed by atoms with van der Waals surface area (Å²) < 4.78 is 25.2. The quantitative estimate of drug-likeness (QED) is 0.613. The van der Waals surface area contributed by atoms with Crippen LogP contribution in [0.15, 0.2) is 0 Å². The van der Waals surface area contributed by atoms with E-state index in [1.807, 2.05) is 13.8 Å². The minimum Gasteiger partial charge on any atom is -0.396 e.